The molecule has 4 N–H and O–H groups in total. The zero-order valence-electron chi connectivity index (χ0n) is 20.6. The molecule has 6 heteroatoms. The van der Waals surface area contributed by atoms with Gasteiger partial charge in [-0.15, -0.1) is 0 Å². The van der Waals surface area contributed by atoms with E-state index in [-0.39, 0.29) is 30.1 Å². The predicted molar refractivity (Wildman–Crippen MR) is 130 cm³/mol. The number of allylic oxidation sites excluding steroid dienone is 4. The maximum atomic E-state index is 12.4. The number of hydrogen-bond donors (Lipinski definition) is 4. The summed E-state index contributed by atoms with van der Waals surface area (Å²) in [5.41, 5.74) is 0.270. The fourth-order valence-electron chi connectivity index (χ4n) is 3.31. The highest BCUT2D eigenvalue weighted by Gasteiger charge is 2.27. The number of phenolic OH excluding ortho intramolecular Hbond substituents is 2. The number of hydrogen-bond acceptors (Lipinski definition) is 6. The van der Waals surface area contributed by atoms with E-state index in [1.54, 1.807) is 26.8 Å². The molecule has 0 spiro atoms. The third-order valence-electron chi connectivity index (χ3n) is 5.30. The molecular formula is C27H38O6. The molecule has 33 heavy (non-hydrogen) atoms. The molecule has 0 aromatic heterocycles. The van der Waals surface area contributed by atoms with Gasteiger partial charge in [-0.1, -0.05) is 23.3 Å². The molecule has 0 heterocycles. The van der Waals surface area contributed by atoms with Crippen LogP contribution in [0.5, 0.6) is 11.5 Å². The second-order valence-corrected chi connectivity index (χ2v) is 9.64. The first-order chi connectivity index (χ1) is 15.1. The first-order valence-electron chi connectivity index (χ1n) is 11.2. The fourth-order valence-corrected chi connectivity index (χ4v) is 3.31. The number of phenols is 2. The van der Waals surface area contributed by atoms with E-state index in [1.165, 1.54) is 31.2 Å². The van der Waals surface area contributed by atoms with Crippen molar-refractivity contribution in [2.45, 2.75) is 84.8 Å². The normalized spacial score (nSPS) is 15.0. The van der Waals surface area contributed by atoms with Gasteiger partial charge in [0.1, 0.15) is 17.1 Å². The Morgan fingerprint density at radius 3 is 2.27 bits per heavy atom. The van der Waals surface area contributed by atoms with Crippen molar-refractivity contribution in [2.75, 3.05) is 0 Å². The second kappa shape index (κ2) is 12.0. The zero-order chi connectivity index (χ0) is 25.4. The van der Waals surface area contributed by atoms with Crippen LogP contribution in [0.25, 0.3) is 0 Å². The number of carbonyl (C=O) groups excluding carboxylic acids is 2. The molecule has 0 aliphatic carbocycles. The largest absolute Gasteiger partial charge is 0.508 e. The maximum absolute atomic E-state index is 12.4. The van der Waals surface area contributed by atoms with Crippen molar-refractivity contribution >= 4 is 11.6 Å². The lowest BCUT2D eigenvalue weighted by atomic mass is 9.91. The van der Waals surface area contributed by atoms with Gasteiger partial charge in [-0.3, -0.25) is 9.59 Å². The first kappa shape index (κ1) is 28.3. The number of aryl methyl sites for hydroxylation is 1. The van der Waals surface area contributed by atoms with Crippen LogP contribution in [-0.2, 0) is 16.0 Å². The number of ketones is 2. The quantitative estimate of drug-likeness (QED) is 0.206. The van der Waals surface area contributed by atoms with Crippen molar-refractivity contribution in [2.24, 2.45) is 0 Å². The Hall–Kier alpha value is -2.70. The molecule has 6 nitrogen and oxygen atoms in total. The molecule has 0 amide bonds. The SMILES string of the molecule is C/C(=C/C(=O)C/C(C)=C/Cc1cc(O)cc(C)c1O)CCCC(C)(O)C(=O)/C=C/C(C)(C)O. The summed E-state index contributed by atoms with van der Waals surface area (Å²) in [5, 5.41) is 39.9. The van der Waals surface area contributed by atoms with Gasteiger partial charge in [-0.2, -0.15) is 0 Å². The molecule has 182 valence electrons. The first-order valence-corrected chi connectivity index (χ1v) is 11.2. The summed E-state index contributed by atoms with van der Waals surface area (Å²) in [6.45, 7) is 9.95. The minimum absolute atomic E-state index is 0.0477. The molecule has 0 saturated heterocycles. The zero-order valence-corrected chi connectivity index (χ0v) is 20.6. The summed E-state index contributed by atoms with van der Waals surface area (Å²) in [6.07, 6.45) is 8.01. The van der Waals surface area contributed by atoms with Gasteiger partial charge in [0, 0.05) is 12.0 Å². The minimum Gasteiger partial charge on any atom is -0.508 e. The Labute approximate surface area is 197 Å². The molecule has 1 unspecified atom stereocenters. The van der Waals surface area contributed by atoms with Crippen molar-refractivity contribution < 1.29 is 30.0 Å². The summed E-state index contributed by atoms with van der Waals surface area (Å²) in [7, 11) is 0. The predicted octanol–water partition coefficient (Wildman–Crippen LogP) is 4.62. The third kappa shape index (κ3) is 10.6. The number of aliphatic hydroxyl groups is 2. The van der Waals surface area contributed by atoms with Crippen LogP contribution in [0.1, 0.15) is 71.4 Å². The number of aromatic hydroxyl groups is 2. The standard InChI is InChI=1S/C27H38O6/c1-18(8-7-12-27(6,33)24(30)11-13-26(4,5)32)14-22(28)15-19(2)9-10-21-17-23(29)16-20(3)25(21)31/h9,11,13-14,16-17,29,31-33H,7-8,10,12,15H2,1-6H3/b13-11+,18-14-,19-9+. The van der Waals surface area contributed by atoms with Crippen molar-refractivity contribution in [1.29, 1.82) is 0 Å². The van der Waals surface area contributed by atoms with Crippen LogP contribution in [0.2, 0.25) is 0 Å². The fraction of sp³-hybridized carbons (Fsp3) is 0.481. The van der Waals surface area contributed by atoms with Crippen LogP contribution in [0, 0.1) is 6.92 Å². The van der Waals surface area contributed by atoms with Crippen LogP contribution in [0.3, 0.4) is 0 Å². The van der Waals surface area contributed by atoms with Crippen LogP contribution < -0.4 is 0 Å². The molecule has 0 fully saturated rings. The van der Waals surface area contributed by atoms with Gasteiger partial charge in [0.05, 0.1) is 5.60 Å². The number of carbonyl (C=O) groups is 2. The van der Waals surface area contributed by atoms with Crippen molar-refractivity contribution in [3.05, 3.63) is 58.7 Å². The van der Waals surface area contributed by atoms with Crippen LogP contribution in [0.4, 0.5) is 0 Å². The maximum Gasteiger partial charge on any atom is 0.186 e. The monoisotopic (exact) mass is 458 g/mol. The number of benzene rings is 1. The average molecular weight is 459 g/mol. The summed E-state index contributed by atoms with van der Waals surface area (Å²) in [6, 6.07) is 3.01. The van der Waals surface area contributed by atoms with Crippen molar-refractivity contribution in [3.63, 3.8) is 0 Å². The molecule has 1 aromatic carbocycles. The van der Waals surface area contributed by atoms with E-state index in [9.17, 15) is 30.0 Å². The summed E-state index contributed by atoms with van der Waals surface area (Å²) >= 11 is 0. The van der Waals surface area contributed by atoms with E-state index < -0.39 is 17.0 Å². The highest BCUT2D eigenvalue weighted by Crippen LogP contribution is 2.28. The summed E-state index contributed by atoms with van der Waals surface area (Å²) in [5.74, 6) is -0.275. The highest BCUT2D eigenvalue weighted by molar-refractivity contribution is 5.96. The van der Waals surface area contributed by atoms with Crippen LogP contribution in [-0.4, -0.2) is 43.2 Å². The molecular weight excluding hydrogens is 420 g/mol. The van der Waals surface area contributed by atoms with Gasteiger partial charge >= 0.3 is 0 Å². The average Bonchev–Trinajstić information content (AvgIpc) is 2.66. The van der Waals surface area contributed by atoms with E-state index >= 15 is 0 Å². The molecule has 0 bridgehead atoms. The molecule has 1 atom stereocenters. The van der Waals surface area contributed by atoms with Gasteiger partial charge in [0.15, 0.2) is 11.6 Å². The number of rotatable bonds is 12. The summed E-state index contributed by atoms with van der Waals surface area (Å²) < 4.78 is 0. The third-order valence-corrected chi connectivity index (χ3v) is 5.30. The van der Waals surface area contributed by atoms with E-state index in [2.05, 4.69) is 0 Å². The van der Waals surface area contributed by atoms with Crippen molar-refractivity contribution in [3.8, 4) is 11.5 Å². The summed E-state index contributed by atoms with van der Waals surface area (Å²) in [4.78, 5) is 24.5. The molecule has 1 aromatic rings. The highest BCUT2D eigenvalue weighted by atomic mass is 16.3. The molecule has 1 rings (SSSR count). The minimum atomic E-state index is -1.53. The molecule has 0 radical (unpaired) electrons. The van der Waals surface area contributed by atoms with E-state index in [4.69, 9.17) is 0 Å². The van der Waals surface area contributed by atoms with E-state index in [0.717, 1.165) is 11.1 Å². The lowest BCUT2D eigenvalue weighted by molar-refractivity contribution is -0.131. The smallest absolute Gasteiger partial charge is 0.186 e. The second-order valence-electron chi connectivity index (χ2n) is 9.64. The van der Waals surface area contributed by atoms with Crippen molar-refractivity contribution in [1.82, 2.24) is 0 Å². The van der Waals surface area contributed by atoms with E-state index in [0.29, 0.717) is 30.4 Å². The lowest BCUT2D eigenvalue weighted by Gasteiger charge is -2.20. The molecule has 0 aliphatic rings. The Kier molecular flexibility index (Phi) is 10.3. The Bertz CT molecular complexity index is 942. The molecule has 0 saturated carbocycles. The Morgan fingerprint density at radius 2 is 1.67 bits per heavy atom. The van der Waals surface area contributed by atoms with Gasteiger partial charge in [0.25, 0.3) is 0 Å². The molecule has 0 aliphatic heterocycles. The van der Waals surface area contributed by atoms with Crippen LogP contribution >= 0.6 is 0 Å². The van der Waals surface area contributed by atoms with Gasteiger partial charge in [0.2, 0.25) is 0 Å². The van der Waals surface area contributed by atoms with Gasteiger partial charge in [-0.25, -0.2) is 0 Å². The van der Waals surface area contributed by atoms with Gasteiger partial charge in [-0.05, 0) is 97.1 Å². The Morgan fingerprint density at radius 1 is 1.03 bits per heavy atom. The van der Waals surface area contributed by atoms with E-state index in [1.807, 2.05) is 19.9 Å². The van der Waals surface area contributed by atoms with Crippen LogP contribution in [0.15, 0.2) is 47.6 Å². The Balaban J connectivity index is 2.58. The lowest BCUT2D eigenvalue weighted by Crippen LogP contribution is -2.34. The van der Waals surface area contributed by atoms with Gasteiger partial charge < -0.3 is 20.4 Å². The topological polar surface area (TPSA) is 115 Å².